The molecular weight excluding hydrogens is 876 g/mol. The number of hydrogen-bond acceptors (Lipinski definition) is 2. The Hall–Kier alpha value is -5.36. The van der Waals surface area contributed by atoms with E-state index in [4.69, 9.17) is 0 Å². The predicted octanol–water partition coefficient (Wildman–Crippen LogP) is 16.2. The molecule has 0 aliphatic carbocycles. The molecule has 7 aromatic rings. The van der Waals surface area contributed by atoms with Gasteiger partial charge in [0.05, 0.1) is 16.1 Å². The number of hydrogen-bond donors (Lipinski definition) is 0. The molecule has 5 heteroatoms. The van der Waals surface area contributed by atoms with Gasteiger partial charge >= 0.3 is 0 Å². The van der Waals surface area contributed by atoms with Crippen molar-refractivity contribution in [3.63, 3.8) is 0 Å². The lowest BCUT2D eigenvalue weighted by Crippen LogP contribution is -2.55. The zero-order chi connectivity index (χ0) is 51.1. The smallest absolute Gasteiger partial charge is 0.241 e. The molecule has 0 heterocycles. The third-order valence-corrected chi connectivity index (χ3v) is 18.5. The third kappa shape index (κ3) is 11.7. The first kappa shape index (κ1) is 52.5. The van der Waals surface area contributed by atoms with Crippen LogP contribution in [0.15, 0.2) is 158 Å². The van der Waals surface area contributed by atoms with Crippen molar-refractivity contribution in [3.05, 3.63) is 186 Å². The van der Waals surface area contributed by atoms with E-state index in [9.17, 15) is 0 Å². The Kier molecular flexibility index (Phi) is 15.3. The molecule has 0 radical (unpaired) electrons. The summed E-state index contributed by atoms with van der Waals surface area (Å²) in [6.07, 6.45) is 0. The summed E-state index contributed by atoms with van der Waals surface area (Å²) >= 11 is 0. The summed E-state index contributed by atoms with van der Waals surface area (Å²) in [6.45, 7) is 42.5. The molecule has 0 N–H and O–H groups in total. The second-order valence-corrected chi connectivity index (χ2v) is 35.2. The highest BCUT2D eigenvalue weighted by Gasteiger charge is 2.31. The van der Waals surface area contributed by atoms with Crippen LogP contribution in [0, 0.1) is 0 Å². The van der Waals surface area contributed by atoms with Crippen molar-refractivity contribution in [1.29, 1.82) is 0 Å². The highest BCUT2D eigenvalue weighted by atomic mass is 28.3. The number of rotatable bonds is 14. The van der Waals surface area contributed by atoms with Gasteiger partial charge < -0.3 is 9.80 Å². The fourth-order valence-electron chi connectivity index (χ4n) is 9.84. The average Bonchev–Trinajstić information content (AvgIpc) is 3.29. The molecule has 7 aromatic carbocycles. The molecule has 0 spiro atoms. The minimum absolute atomic E-state index is 0.0187. The van der Waals surface area contributed by atoms with Crippen LogP contribution >= 0.6 is 0 Å². The Morgan fingerprint density at radius 3 is 0.843 bits per heavy atom. The van der Waals surface area contributed by atoms with Crippen molar-refractivity contribution in [2.45, 2.75) is 151 Å². The van der Waals surface area contributed by atoms with Gasteiger partial charge in [-0.3, -0.25) is 0 Å². The first-order chi connectivity index (χ1) is 32.7. The third-order valence-electron chi connectivity index (χ3n) is 14.4. The van der Waals surface area contributed by atoms with Gasteiger partial charge in [-0.2, -0.15) is 0 Å². The summed E-state index contributed by atoms with van der Waals surface area (Å²) in [5.74, 6) is 1.14. The predicted molar refractivity (Wildman–Crippen MR) is 319 cm³/mol. The van der Waals surface area contributed by atoms with Crippen LogP contribution < -0.4 is 36.6 Å². The van der Waals surface area contributed by atoms with Crippen molar-refractivity contribution in [3.8, 4) is 0 Å². The van der Waals surface area contributed by atoms with Crippen LogP contribution in [0.1, 0.15) is 129 Å². The summed E-state index contributed by atoms with van der Waals surface area (Å²) in [4.78, 5) is 4.87. The standard InChI is InChI=1S/C65H83BN2Si2/c1-45(2)48-43-61(46(3)4)63(62(44-48)47(5)6)66(51-23-31-55(32-24-51)67(53-27-19-49(20-28-53)64(7,8)9)57-35-39-59(40-36-57)69(13,14)15)52-25-33-56(34-26-52)68(54-29-21-50(22-30-54)65(10,11)12)58-37-41-60(42-38-58)70(16,17)18/h19-47H,1-18H3. The second-order valence-electron chi connectivity index (χ2n) is 25.1. The molecular formula is C65H83BN2Si2. The highest BCUT2D eigenvalue weighted by molar-refractivity contribution is 6.96. The van der Waals surface area contributed by atoms with Gasteiger partial charge in [0.25, 0.3) is 0 Å². The molecule has 0 unspecified atom stereocenters. The Labute approximate surface area is 427 Å². The van der Waals surface area contributed by atoms with Gasteiger partial charge in [-0.05, 0) is 129 Å². The number of anilines is 6. The summed E-state index contributed by atoms with van der Waals surface area (Å²) < 4.78 is 0. The summed E-state index contributed by atoms with van der Waals surface area (Å²) in [5.41, 5.74) is 18.1. The molecule has 364 valence electrons. The molecule has 0 saturated heterocycles. The fraction of sp³-hybridized carbons (Fsp3) is 0.354. The monoisotopic (exact) mass is 959 g/mol. The zero-order valence-corrected chi connectivity index (χ0v) is 48.2. The summed E-state index contributed by atoms with van der Waals surface area (Å²) in [5, 5.41) is 2.94. The van der Waals surface area contributed by atoms with Crippen LogP contribution in [0.2, 0.25) is 39.3 Å². The topological polar surface area (TPSA) is 6.48 Å². The Bertz CT molecular complexity index is 2530. The van der Waals surface area contributed by atoms with E-state index in [0.29, 0.717) is 17.8 Å². The lowest BCUT2D eigenvalue weighted by Gasteiger charge is -2.30. The molecule has 7 rings (SSSR count). The maximum atomic E-state index is 2.52. The summed E-state index contributed by atoms with van der Waals surface area (Å²) in [6, 6.07) is 61.3. The van der Waals surface area contributed by atoms with Crippen LogP contribution in [0.25, 0.3) is 0 Å². The van der Waals surface area contributed by atoms with Crippen LogP contribution in [0.5, 0.6) is 0 Å². The van der Waals surface area contributed by atoms with E-state index in [-0.39, 0.29) is 17.5 Å². The van der Waals surface area contributed by atoms with Gasteiger partial charge in [0.2, 0.25) is 6.71 Å². The first-order valence-electron chi connectivity index (χ1n) is 26.1. The van der Waals surface area contributed by atoms with Crippen molar-refractivity contribution in [2.24, 2.45) is 0 Å². The number of benzene rings is 7. The minimum atomic E-state index is -1.48. The molecule has 0 saturated carbocycles. The molecule has 0 aliphatic rings. The molecule has 0 fully saturated rings. The Morgan fingerprint density at radius 2 is 0.614 bits per heavy atom. The molecule has 0 atom stereocenters. The Morgan fingerprint density at radius 1 is 0.357 bits per heavy atom. The van der Waals surface area contributed by atoms with Crippen LogP contribution in [0.4, 0.5) is 34.1 Å². The molecule has 0 amide bonds. The Balaban J connectivity index is 1.40. The van der Waals surface area contributed by atoms with Crippen LogP contribution in [-0.4, -0.2) is 22.9 Å². The first-order valence-corrected chi connectivity index (χ1v) is 33.1. The molecule has 0 aliphatic heterocycles. The van der Waals surface area contributed by atoms with Crippen molar-refractivity contribution >= 4 is 83.7 Å². The zero-order valence-electron chi connectivity index (χ0n) is 46.2. The largest absolute Gasteiger partial charge is 0.311 e. The quantitative estimate of drug-likeness (QED) is 0.100. The molecule has 0 aromatic heterocycles. The van der Waals surface area contributed by atoms with E-state index in [1.807, 2.05) is 0 Å². The van der Waals surface area contributed by atoms with E-state index in [1.54, 1.807) is 0 Å². The highest BCUT2D eigenvalue weighted by Crippen LogP contribution is 2.38. The van der Waals surface area contributed by atoms with Gasteiger partial charge in [-0.1, -0.05) is 234 Å². The normalized spacial score (nSPS) is 12.5. The van der Waals surface area contributed by atoms with E-state index in [0.717, 1.165) is 22.7 Å². The molecule has 2 nitrogen and oxygen atoms in total. The second kappa shape index (κ2) is 20.4. The lowest BCUT2D eigenvalue weighted by atomic mass is 9.34. The van der Waals surface area contributed by atoms with Gasteiger partial charge in [-0.15, -0.1) is 0 Å². The van der Waals surface area contributed by atoms with Crippen molar-refractivity contribution < 1.29 is 0 Å². The van der Waals surface area contributed by atoms with Crippen LogP contribution in [-0.2, 0) is 10.8 Å². The maximum absolute atomic E-state index is 2.52. The molecule has 0 bridgehead atoms. The van der Waals surface area contributed by atoms with Gasteiger partial charge in [-0.25, -0.2) is 0 Å². The van der Waals surface area contributed by atoms with E-state index in [2.05, 4.69) is 290 Å². The van der Waals surface area contributed by atoms with Crippen molar-refractivity contribution in [2.75, 3.05) is 9.80 Å². The average molecular weight is 959 g/mol. The van der Waals surface area contributed by atoms with Gasteiger partial charge in [0, 0.05) is 34.1 Å². The lowest BCUT2D eigenvalue weighted by molar-refractivity contribution is 0.590. The fourth-order valence-corrected chi connectivity index (χ4v) is 12.2. The molecule has 70 heavy (non-hydrogen) atoms. The van der Waals surface area contributed by atoms with E-state index >= 15 is 0 Å². The maximum Gasteiger partial charge on any atom is 0.241 e. The minimum Gasteiger partial charge on any atom is -0.311 e. The van der Waals surface area contributed by atoms with Gasteiger partial charge in [0.15, 0.2) is 0 Å². The van der Waals surface area contributed by atoms with Crippen LogP contribution in [0.3, 0.4) is 0 Å². The summed E-state index contributed by atoms with van der Waals surface area (Å²) in [7, 11) is -2.96. The van der Waals surface area contributed by atoms with Gasteiger partial charge in [0.1, 0.15) is 0 Å². The van der Waals surface area contributed by atoms with E-state index in [1.165, 1.54) is 66.0 Å². The SMILES string of the molecule is CC(C)c1cc(C(C)C)c(B(c2ccc(N(c3ccc(C(C)(C)C)cc3)c3ccc([Si](C)(C)C)cc3)cc2)c2ccc(N(c3ccc(C(C)(C)C)cc3)c3ccc([Si](C)(C)C)cc3)cc2)c(C(C)C)c1. The van der Waals surface area contributed by atoms with E-state index < -0.39 is 16.1 Å². The van der Waals surface area contributed by atoms with Crippen molar-refractivity contribution in [1.82, 2.24) is 0 Å². The number of nitrogens with zero attached hydrogens (tertiary/aromatic N) is 2.